The number of carbonyl (C=O) groups is 1. The Labute approximate surface area is 101 Å². The molecule has 0 atom stereocenters. The van der Waals surface area contributed by atoms with Crippen molar-refractivity contribution in [3.8, 4) is 11.8 Å². The van der Waals surface area contributed by atoms with Gasteiger partial charge >= 0.3 is 12.6 Å². The fourth-order valence-electron chi connectivity index (χ4n) is 1.22. The number of carbonyl (C=O) groups excluding carboxylic acids is 1. The maximum atomic E-state index is 13.7. The molecule has 0 N–H and O–H groups in total. The third-order valence-corrected chi connectivity index (χ3v) is 1.93. The molecule has 0 bridgehead atoms. The van der Waals surface area contributed by atoms with Crippen LogP contribution < -0.4 is 4.74 Å². The van der Waals surface area contributed by atoms with Crippen LogP contribution in [0.2, 0.25) is 0 Å². The number of nitrogens with zero attached hydrogens (tertiary/aromatic N) is 1. The number of esters is 1. The van der Waals surface area contributed by atoms with E-state index in [9.17, 15) is 18.0 Å². The molecule has 0 aromatic heterocycles. The normalized spacial score (nSPS) is 10.0. The minimum absolute atomic E-state index is 0.0233. The molecule has 0 aliphatic heterocycles. The molecule has 0 spiro atoms. The number of hydrogen-bond donors (Lipinski definition) is 0. The van der Waals surface area contributed by atoms with Crippen molar-refractivity contribution in [2.24, 2.45) is 0 Å². The Kier molecular flexibility index (Phi) is 4.54. The lowest BCUT2D eigenvalue weighted by Gasteiger charge is -2.09. The van der Waals surface area contributed by atoms with E-state index in [-0.39, 0.29) is 6.61 Å². The Balaban J connectivity index is 3.21. The average molecular weight is 259 g/mol. The predicted octanol–water partition coefficient (Wildman–Crippen LogP) is 2.48. The summed E-state index contributed by atoms with van der Waals surface area (Å²) >= 11 is 0. The van der Waals surface area contributed by atoms with Crippen molar-refractivity contribution in [2.45, 2.75) is 13.5 Å². The standard InChI is InChI=1S/C11H8F3NO3/c1-2-17-10(16)6-3-4-8(18-11(13)14)7(5-15)9(6)12/h3-4,11H,2H2,1H3. The Morgan fingerprint density at radius 2 is 2.17 bits per heavy atom. The quantitative estimate of drug-likeness (QED) is 0.779. The molecule has 0 aliphatic rings. The highest BCUT2D eigenvalue weighted by molar-refractivity contribution is 5.90. The van der Waals surface area contributed by atoms with Gasteiger partial charge in [-0.05, 0) is 19.1 Å². The zero-order valence-corrected chi connectivity index (χ0v) is 9.25. The molecule has 0 fully saturated rings. The van der Waals surface area contributed by atoms with E-state index in [1.165, 1.54) is 13.0 Å². The second kappa shape index (κ2) is 5.91. The topological polar surface area (TPSA) is 59.3 Å². The molecular weight excluding hydrogens is 251 g/mol. The molecule has 1 rings (SSSR count). The second-order valence-corrected chi connectivity index (χ2v) is 3.01. The third-order valence-electron chi connectivity index (χ3n) is 1.93. The van der Waals surface area contributed by atoms with Crippen molar-refractivity contribution in [2.75, 3.05) is 6.61 Å². The Bertz CT molecular complexity index is 497. The number of ether oxygens (including phenoxy) is 2. The van der Waals surface area contributed by atoms with E-state index in [1.807, 2.05) is 0 Å². The van der Waals surface area contributed by atoms with E-state index in [1.54, 1.807) is 0 Å². The van der Waals surface area contributed by atoms with Crippen molar-refractivity contribution in [3.63, 3.8) is 0 Å². The van der Waals surface area contributed by atoms with Gasteiger partial charge in [-0.2, -0.15) is 14.0 Å². The molecule has 0 saturated heterocycles. The Morgan fingerprint density at radius 1 is 1.50 bits per heavy atom. The van der Waals surface area contributed by atoms with Crippen LogP contribution in [0.5, 0.6) is 5.75 Å². The highest BCUT2D eigenvalue weighted by Crippen LogP contribution is 2.25. The number of alkyl halides is 2. The van der Waals surface area contributed by atoms with Gasteiger partial charge in [-0.1, -0.05) is 0 Å². The zero-order valence-electron chi connectivity index (χ0n) is 9.25. The second-order valence-electron chi connectivity index (χ2n) is 3.01. The van der Waals surface area contributed by atoms with Crippen LogP contribution in [0.25, 0.3) is 0 Å². The van der Waals surface area contributed by atoms with Gasteiger partial charge in [0.25, 0.3) is 0 Å². The minimum atomic E-state index is -3.19. The molecule has 1 aromatic carbocycles. The molecule has 0 aliphatic carbocycles. The molecule has 7 heteroatoms. The molecule has 4 nitrogen and oxygen atoms in total. The number of benzene rings is 1. The summed E-state index contributed by atoms with van der Waals surface area (Å²) in [5, 5.41) is 8.68. The van der Waals surface area contributed by atoms with Crippen molar-refractivity contribution in [1.29, 1.82) is 5.26 Å². The maximum Gasteiger partial charge on any atom is 0.387 e. The lowest BCUT2D eigenvalue weighted by Crippen LogP contribution is -2.10. The van der Waals surface area contributed by atoms with Crippen LogP contribution >= 0.6 is 0 Å². The van der Waals surface area contributed by atoms with Gasteiger partial charge in [-0.15, -0.1) is 0 Å². The highest BCUT2D eigenvalue weighted by atomic mass is 19.3. The minimum Gasteiger partial charge on any atom is -0.462 e. The molecule has 0 heterocycles. The van der Waals surface area contributed by atoms with Crippen LogP contribution in [0, 0.1) is 17.1 Å². The first-order chi connectivity index (χ1) is 8.51. The van der Waals surface area contributed by atoms with E-state index in [2.05, 4.69) is 9.47 Å². The van der Waals surface area contributed by atoms with Crippen LogP contribution in [0.4, 0.5) is 13.2 Å². The first kappa shape index (κ1) is 13.8. The molecule has 0 unspecified atom stereocenters. The Morgan fingerprint density at radius 3 is 2.67 bits per heavy atom. The summed E-state index contributed by atoms with van der Waals surface area (Å²) in [5.41, 5.74) is -1.27. The molecule has 1 aromatic rings. The van der Waals surface area contributed by atoms with Gasteiger partial charge in [0.05, 0.1) is 12.2 Å². The molecule has 0 amide bonds. The van der Waals surface area contributed by atoms with E-state index < -0.39 is 35.3 Å². The summed E-state index contributed by atoms with van der Waals surface area (Å²) in [6.07, 6.45) is 0. The van der Waals surface area contributed by atoms with Crippen molar-refractivity contribution >= 4 is 5.97 Å². The fourth-order valence-corrected chi connectivity index (χ4v) is 1.22. The van der Waals surface area contributed by atoms with Crippen molar-refractivity contribution in [3.05, 3.63) is 29.1 Å². The van der Waals surface area contributed by atoms with Gasteiger partial charge in [0.2, 0.25) is 0 Å². The summed E-state index contributed by atoms with van der Waals surface area (Å²) < 4.78 is 46.2. The van der Waals surface area contributed by atoms with E-state index in [0.717, 1.165) is 12.1 Å². The number of rotatable bonds is 4. The highest BCUT2D eigenvalue weighted by Gasteiger charge is 2.21. The monoisotopic (exact) mass is 259 g/mol. The fraction of sp³-hybridized carbons (Fsp3) is 0.273. The van der Waals surface area contributed by atoms with E-state index in [0.29, 0.717) is 0 Å². The van der Waals surface area contributed by atoms with Crippen LogP contribution in [-0.4, -0.2) is 19.2 Å². The zero-order chi connectivity index (χ0) is 13.7. The lowest BCUT2D eigenvalue weighted by atomic mass is 10.1. The first-order valence-electron chi connectivity index (χ1n) is 4.85. The smallest absolute Gasteiger partial charge is 0.387 e. The lowest BCUT2D eigenvalue weighted by molar-refractivity contribution is -0.0502. The van der Waals surface area contributed by atoms with Gasteiger partial charge in [-0.25, -0.2) is 9.18 Å². The largest absolute Gasteiger partial charge is 0.462 e. The third kappa shape index (κ3) is 2.91. The summed E-state index contributed by atoms with van der Waals surface area (Å²) in [6.45, 7) is -1.64. The number of halogens is 3. The van der Waals surface area contributed by atoms with Crippen molar-refractivity contribution < 1.29 is 27.4 Å². The number of nitriles is 1. The SMILES string of the molecule is CCOC(=O)c1ccc(OC(F)F)c(C#N)c1F. The summed E-state index contributed by atoms with van der Waals surface area (Å²) in [7, 11) is 0. The van der Waals surface area contributed by atoms with Gasteiger partial charge in [-0.3, -0.25) is 0 Å². The molecule has 18 heavy (non-hydrogen) atoms. The van der Waals surface area contributed by atoms with Crippen LogP contribution in [0.15, 0.2) is 12.1 Å². The summed E-state index contributed by atoms with van der Waals surface area (Å²) in [6, 6.07) is 3.20. The molecule has 96 valence electrons. The molecule has 0 saturated carbocycles. The van der Waals surface area contributed by atoms with Crippen molar-refractivity contribution in [1.82, 2.24) is 0 Å². The molecule has 0 radical (unpaired) electrons. The van der Waals surface area contributed by atoms with Gasteiger partial charge in [0, 0.05) is 0 Å². The van der Waals surface area contributed by atoms with E-state index >= 15 is 0 Å². The number of hydrogen-bond acceptors (Lipinski definition) is 4. The first-order valence-corrected chi connectivity index (χ1v) is 4.85. The Hall–Kier alpha value is -2.23. The van der Waals surface area contributed by atoms with Gasteiger partial charge in [0.1, 0.15) is 17.4 Å². The average Bonchev–Trinajstić information content (AvgIpc) is 2.29. The van der Waals surface area contributed by atoms with E-state index in [4.69, 9.17) is 5.26 Å². The maximum absolute atomic E-state index is 13.7. The molecular formula is C11H8F3NO3. The van der Waals surface area contributed by atoms with Crippen LogP contribution in [0.3, 0.4) is 0 Å². The predicted molar refractivity (Wildman–Crippen MR) is 53.7 cm³/mol. The summed E-state index contributed by atoms with van der Waals surface area (Å²) in [4.78, 5) is 11.3. The summed E-state index contributed by atoms with van der Waals surface area (Å²) in [5.74, 6) is -2.85. The van der Waals surface area contributed by atoms with Gasteiger partial charge < -0.3 is 9.47 Å². The van der Waals surface area contributed by atoms with Crippen LogP contribution in [0.1, 0.15) is 22.8 Å². The van der Waals surface area contributed by atoms with Crippen LogP contribution in [-0.2, 0) is 4.74 Å². The van der Waals surface area contributed by atoms with Gasteiger partial charge in [0.15, 0.2) is 5.82 Å².